The molecule has 2 heterocycles. The summed E-state index contributed by atoms with van der Waals surface area (Å²) < 4.78 is 41.2. The van der Waals surface area contributed by atoms with E-state index in [2.05, 4.69) is 26.6 Å². The van der Waals surface area contributed by atoms with Crippen molar-refractivity contribution in [3.8, 4) is 0 Å². The summed E-state index contributed by atoms with van der Waals surface area (Å²) in [6.07, 6.45) is 1.78. The molecule has 0 atom stereocenters. The van der Waals surface area contributed by atoms with E-state index in [1.165, 1.54) is 17.4 Å². The SMILES string of the molecule is Cc1ccc(C(=O)Nc2cc(N(C)CCN(C)C)cc(C(F)(F)F)c2)cc1N1C=C(c2cnc(NC(=O)C3CCC3)s2)NN1. The quantitative estimate of drug-likeness (QED) is 0.240. The molecule has 14 heteroatoms. The van der Waals surface area contributed by atoms with Crippen molar-refractivity contribution in [2.24, 2.45) is 5.92 Å². The predicted octanol–water partition coefficient (Wildman–Crippen LogP) is 5.29. The van der Waals surface area contributed by atoms with E-state index in [1.807, 2.05) is 25.9 Å². The van der Waals surface area contributed by atoms with Gasteiger partial charge in [0.2, 0.25) is 5.91 Å². The molecule has 10 nitrogen and oxygen atoms in total. The van der Waals surface area contributed by atoms with Gasteiger partial charge in [0.1, 0.15) is 0 Å². The van der Waals surface area contributed by atoms with Gasteiger partial charge in [-0.3, -0.25) is 14.6 Å². The molecule has 1 fully saturated rings. The van der Waals surface area contributed by atoms with Gasteiger partial charge in [0.05, 0.1) is 21.8 Å². The Hall–Kier alpha value is -4.14. The van der Waals surface area contributed by atoms with Gasteiger partial charge in [0, 0.05) is 55.4 Å². The average molecular weight is 629 g/mol. The number of hydrogen-bond acceptors (Lipinski definition) is 9. The summed E-state index contributed by atoms with van der Waals surface area (Å²) in [6, 6.07) is 8.62. The van der Waals surface area contributed by atoms with Gasteiger partial charge in [-0.05, 0) is 69.8 Å². The summed E-state index contributed by atoms with van der Waals surface area (Å²) in [7, 11) is 5.49. The summed E-state index contributed by atoms with van der Waals surface area (Å²) in [5, 5.41) is 7.76. The van der Waals surface area contributed by atoms with Crippen molar-refractivity contribution < 1.29 is 22.8 Å². The fourth-order valence-electron chi connectivity index (χ4n) is 4.66. The normalized spacial score (nSPS) is 15.1. The highest BCUT2D eigenvalue weighted by Crippen LogP contribution is 2.35. The van der Waals surface area contributed by atoms with E-state index in [4.69, 9.17) is 0 Å². The third-order valence-corrected chi connectivity index (χ3v) is 8.55. The fourth-order valence-corrected chi connectivity index (χ4v) is 5.45. The van der Waals surface area contributed by atoms with Crippen molar-refractivity contribution in [1.29, 1.82) is 0 Å². The minimum atomic E-state index is -4.58. The lowest BCUT2D eigenvalue weighted by Gasteiger charge is -2.23. The van der Waals surface area contributed by atoms with Crippen LogP contribution >= 0.6 is 11.3 Å². The van der Waals surface area contributed by atoms with Crippen LogP contribution in [0.25, 0.3) is 5.70 Å². The molecule has 0 saturated heterocycles. The molecule has 234 valence electrons. The Balaban J connectivity index is 1.32. The fraction of sp³-hybridized carbons (Fsp3) is 0.367. The van der Waals surface area contributed by atoms with Gasteiger partial charge in [0.25, 0.3) is 5.91 Å². The molecule has 0 bridgehead atoms. The molecule has 3 aromatic rings. The monoisotopic (exact) mass is 628 g/mol. The van der Waals surface area contributed by atoms with Gasteiger partial charge in [0.15, 0.2) is 5.13 Å². The van der Waals surface area contributed by atoms with E-state index in [9.17, 15) is 22.8 Å². The number of carbonyl (C=O) groups excluding carboxylic acids is 2. The van der Waals surface area contributed by atoms with Gasteiger partial charge in [-0.1, -0.05) is 23.8 Å². The minimum Gasteiger partial charge on any atom is -0.373 e. The zero-order chi connectivity index (χ0) is 31.6. The number of anilines is 4. The first-order valence-corrected chi connectivity index (χ1v) is 15.0. The standard InChI is InChI=1S/C30H35F3N8O2S/c1-18-8-9-20(28(43)35-22-13-21(30(31,32)33)14-23(15-22)40(4)11-10-39(2)3)12-25(18)41-17-24(37-38-41)26-16-34-29(44-26)36-27(42)19-6-5-7-19/h8-9,12-17,19,37-38H,5-7,10-11H2,1-4H3,(H,35,43)(H,34,36,42). The van der Waals surface area contributed by atoms with Crippen LogP contribution in [0.2, 0.25) is 0 Å². The van der Waals surface area contributed by atoms with E-state index in [0.717, 1.165) is 47.5 Å². The average Bonchev–Trinajstić information content (AvgIpc) is 3.60. The third-order valence-electron chi connectivity index (χ3n) is 7.60. The van der Waals surface area contributed by atoms with Gasteiger partial charge in [-0.2, -0.15) is 13.2 Å². The molecule has 0 unspecified atom stereocenters. The van der Waals surface area contributed by atoms with Crippen molar-refractivity contribution >= 4 is 51.0 Å². The van der Waals surface area contributed by atoms with Gasteiger partial charge < -0.3 is 25.9 Å². The Morgan fingerprint density at radius 2 is 1.86 bits per heavy atom. The molecule has 5 rings (SSSR count). The molecule has 2 aromatic carbocycles. The number of hydrogen-bond donors (Lipinski definition) is 4. The van der Waals surface area contributed by atoms with Gasteiger partial charge >= 0.3 is 6.18 Å². The van der Waals surface area contributed by atoms with Crippen molar-refractivity contribution in [1.82, 2.24) is 20.8 Å². The number of carbonyl (C=O) groups is 2. The molecule has 1 aliphatic carbocycles. The largest absolute Gasteiger partial charge is 0.416 e. The lowest BCUT2D eigenvalue weighted by Crippen LogP contribution is -2.36. The number of likely N-dealkylation sites (N-methyl/N-ethyl adjacent to an activating group) is 2. The van der Waals surface area contributed by atoms with Crippen molar-refractivity contribution in [3.05, 3.63) is 70.4 Å². The Morgan fingerprint density at radius 3 is 2.55 bits per heavy atom. The Kier molecular flexibility index (Phi) is 9.13. The molecule has 44 heavy (non-hydrogen) atoms. The number of rotatable bonds is 10. The number of aryl methyl sites for hydroxylation is 1. The molecule has 0 spiro atoms. The first-order valence-electron chi connectivity index (χ1n) is 14.2. The minimum absolute atomic E-state index is 0.00585. The van der Waals surface area contributed by atoms with E-state index >= 15 is 0 Å². The van der Waals surface area contributed by atoms with Crippen LogP contribution in [0.15, 0.2) is 48.8 Å². The number of halogens is 3. The molecule has 4 N–H and O–H groups in total. The van der Waals surface area contributed by atoms with Crippen LogP contribution in [0, 0.1) is 12.8 Å². The summed E-state index contributed by atoms with van der Waals surface area (Å²) in [5.41, 5.74) is 8.19. The van der Waals surface area contributed by atoms with Crippen molar-refractivity contribution in [2.45, 2.75) is 32.4 Å². The predicted molar refractivity (Wildman–Crippen MR) is 167 cm³/mol. The van der Waals surface area contributed by atoms with E-state index in [1.54, 1.807) is 47.6 Å². The number of benzene rings is 2. The van der Waals surface area contributed by atoms with E-state index in [-0.39, 0.29) is 23.1 Å². The van der Waals surface area contributed by atoms with Crippen molar-refractivity contribution in [2.75, 3.05) is 54.8 Å². The first-order chi connectivity index (χ1) is 20.9. The second kappa shape index (κ2) is 12.8. The first kappa shape index (κ1) is 31.3. The highest BCUT2D eigenvalue weighted by molar-refractivity contribution is 7.16. The van der Waals surface area contributed by atoms with Crippen LogP contribution in [-0.2, 0) is 11.0 Å². The van der Waals surface area contributed by atoms with Crippen LogP contribution < -0.4 is 31.5 Å². The second-order valence-corrected chi connectivity index (χ2v) is 12.3. The number of alkyl halides is 3. The van der Waals surface area contributed by atoms with Crippen LogP contribution in [0.4, 0.5) is 35.4 Å². The van der Waals surface area contributed by atoms with Crippen molar-refractivity contribution in [3.63, 3.8) is 0 Å². The number of thiazole rings is 1. The molecule has 1 aromatic heterocycles. The molecule has 2 amide bonds. The molecule has 1 saturated carbocycles. The Bertz CT molecular complexity index is 1570. The number of aromatic nitrogens is 1. The molecule has 1 aliphatic heterocycles. The van der Waals surface area contributed by atoms with Crippen LogP contribution in [0.3, 0.4) is 0 Å². The lowest BCUT2D eigenvalue weighted by atomic mass is 9.85. The zero-order valence-electron chi connectivity index (χ0n) is 24.9. The van der Waals surface area contributed by atoms with E-state index < -0.39 is 17.6 Å². The molecule has 2 aliphatic rings. The summed E-state index contributed by atoms with van der Waals surface area (Å²) in [5.74, 6) is -0.493. The summed E-state index contributed by atoms with van der Waals surface area (Å²) in [4.78, 5) is 34.3. The number of hydrazine groups is 2. The Morgan fingerprint density at radius 1 is 1.09 bits per heavy atom. The molecular weight excluding hydrogens is 593 g/mol. The Labute approximate surface area is 257 Å². The lowest BCUT2D eigenvalue weighted by molar-refractivity contribution is -0.137. The maximum atomic E-state index is 13.7. The topological polar surface area (TPSA) is 105 Å². The smallest absolute Gasteiger partial charge is 0.373 e. The molecule has 0 radical (unpaired) electrons. The number of amides is 2. The third kappa shape index (κ3) is 7.31. The number of nitrogens with zero attached hydrogens (tertiary/aromatic N) is 4. The highest BCUT2D eigenvalue weighted by Gasteiger charge is 2.32. The summed E-state index contributed by atoms with van der Waals surface area (Å²) in [6.45, 7) is 3.04. The van der Waals surface area contributed by atoms with Crippen LogP contribution in [0.1, 0.15) is 45.6 Å². The maximum Gasteiger partial charge on any atom is 0.416 e. The van der Waals surface area contributed by atoms with Crippen LogP contribution in [-0.4, -0.2) is 55.9 Å². The van der Waals surface area contributed by atoms with Gasteiger partial charge in [-0.25, -0.2) is 4.98 Å². The van der Waals surface area contributed by atoms with Gasteiger partial charge in [-0.15, -0.1) is 5.53 Å². The number of nitrogens with one attached hydrogen (secondary N) is 4. The zero-order valence-corrected chi connectivity index (χ0v) is 25.7. The maximum absolute atomic E-state index is 13.7. The highest BCUT2D eigenvalue weighted by atomic mass is 32.1. The summed E-state index contributed by atoms with van der Waals surface area (Å²) >= 11 is 1.34. The molecular formula is C30H35F3N8O2S. The van der Waals surface area contributed by atoms with Crippen LogP contribution in [0.5, 0.6) is 0 Å². The second-order valence-electron chi connectivity index (χ2n) is 11.2. The van der Waals surface area contributed by atoms with E-state index in [0.29, 0.717) is 29.6 Å².